The van der Waals surface area contributed by atoms with Gasteiger partial charge in [-0.15, -0.1) is 0 Å². The van der Waals surface area contributed by atoms with Gasteiger partial charge in [0.15, 0.2) is 6.10 Å². The van der Waals surface area contributed by atoms with Crippen molar-refractivity contribution in [3.05, 3.63) is 12.2 Å². The number of allylic oxidation sites excluding steroid dienone is 2. The second-order valence-electron chi connectivity index (χ2n) is 15.3. The highest BCUT2D eigenvalue weighted by molar-refractivity contribution is 7.47. The largest absolute Gasteiger partial charge is 0.472 e. The summed E-state index contributed by atoms with van der Waals surface area (Å²) in [4.78, 5) is 52.7. The number of hydrogen-bond acceptors (Lipinski definition) is 10. The summed E-state index contributed by atoms with van der Waals surface area (Å²) >= 11 is 0. The molecule has 0 saturated carbocycles. The molecule has 0 radical (unpaired) electrons. The van der Waals surface area contributed by atoms with Crippen LogP contribution in [0, 0.1) is 0 Å². The minimum Gasteiger partial charge on any atom is -0.462 e. The fourth-order valence-electron chi connectivity index (χ4n) is 6.23. The molecule has 0 aliphatic heterocycles. The van der Waals surface area contributed by atoms with Crippen molar-refractivity contribution in [3.8, 4) is 0 Å². The minimum atomic E-state index is -4.86. The van der Waals surface area contributed by atoms with Crippen molar-refractivity contribution in [1.29, 1.82) is 0 Å². The van der Waals surface area contributed by atoms with Gasteiger partial charge in [-0.3, -0.25) is 23.2 Å². The Labute approximate surface area is 345 Å². The predicted molar refractivity (Wildman–Crippen MR) is 226 cm³/mol. The molecule has 0 aliphatic rings. The van der Waals surface area contributed by atoms with E-state index in [2.05, 4.69) is 35.0 Å². The van der Waals surface area contributed by atoms with E-state index < -0.39 is 59.6 Å². The van der Waals surface area contributed by atoms with Gasteiger partial charge in [0.25, 0.3) is 0 Å². The lowest BCUT2D eigenvalue weighted by Gasteiger charge is -2.20. The molecule has 0 aromatic rings. The van der Waals surface area contributed by atoms with Gasteiger partial charge in [0.1, 0.15) is 12.7 Å². The van der Waals surface area contributed by atoms with Crippen LogP contribution in [0.25, 0.3) is 0 Å². The molecule has 1 unspecified atom stereocenters. The Bertz CT molecular complexity index is 1070. The van der Waals surface area contributed by atoms with Crippen LogP contribution in [0.2, 0.25) is 0 Å². The summed E-state index contributed by atoms with van der Waals surface area (Å²) < 4.78 is 47.8. The van der Waals surface area contributed by atoms with E-state index >= 15 is 0 Å². The molecule has 15 heteroatoms. The number of unbranched alkanes of at least 4 members (excludes halogenated alkanes) is 25. The van der Waals surface area contributed by atoms with Crippen LogP contribution in [-0.4, -0.2) is 70.4 Å². The summed E-state index contributed by atoms with van der Waals surface area (Å²) in [6.07, 6.45) is 34.8. The third-order valence-electron chi connectivity index (χ3n) is 9.64. The Morgan fingerprint density at radius 2 is 0.860 bits per heavy atom. The standard InChI is InChI=1S/C42H82O13P2/c1-3-5-7-9-11-13-15-17-19-21-23-25-27-29-31-33-41(44)51-37-40(38-54-57(49,50)53-36-39(43)35-52-56(46,47)48)55-42(45)34-32-30-28-26-24-22-20-18-16-14-12-10-8-6-4-2/h17,19,39-40,43H,3-16,18,20-38H2,1-2H3,(H,49,50)(H2,46,47,48)/b19-17-/t39-,40+/m0/s1. The zero-order chi connectivity index (χ0) is 42.3. The van der Waals surface area contributed by atoms with E-state index in [1.54, 1.807) is 0 Å². The number of esters is 2. The lowest BCUT2D eigenvalue weighted by atomic mass is 10.0. The highest BCUT2D eigenvalue weighted by atomic mass is 31.2. The summed E-state index contributed by atoms with van der Waals surface area (Å²) in [7, 11) is -9.66. The molecular weight excluding hydrogens is 774 g/mol. The van der Waals surface area contributed by atoms with E-state index in [-0.39, 0.29) is 19.4 Å². The number of ether oxygens (including phenoxy) is 2. The van der Waals surface area contributed by atoms with Crippen LogP contribution in [0.1, 0.15) is 206 Å². The van der Waals surface area contributed by atoms with E-state index in [0.29, 0.717) is 12.8 Å². The van der Waals surface area contributed by atoms with Gasteiger partial charge < -0.3 is 29.3 Å². The molecule has 0 fully saturated rings. The maximum absolute atomic E-state index is 12.7. The second-order valence-corrected chi connectivity index (χ2v) is 18.0. The first kappa shape index (κ1) is 55.9. The highest BCUT2D eigenvalue weighted by Gasteiger charge is 2.28. The molecule has 338 valence electrons. The van der Waals surface area contributed by atoms with Crippen molar-refractivity contribution in [2.75, 3.05) is 26.4 Å². The van der Waals surface area contributed by atoms with Crippen LogP contribution in [0.5, 0.6) is 0 Å². The first-order valence-corrected chi connectivity index (χ1v) is 25.4. The van der Waals surface area contributed by atoms with Crippen molar-refractivity contribution in [2.45, 2.75) is 219 Å². The molecule has 0 spiro atoms. The van der Waals surface area contributed by atoms with Crippen molar-refractivity contribution in [3.63, 3.8) is 0 Å². The molecule has 0 aromatic heterocycles. The maximum atomic E-state index is 12.7. The van der Waals surface area contributed by atoms with Gasteiger partial charge in [-0.05, 0) is 38.5 Å². The summed E-state index contributed by atoms with van der Waals surface area (Å²) in [5.74, 6) is -1.03. The molecule has 13 nitrogen and oxygen atoms in total. The normalized spacial score (nSPS) is 14.1. The Morgan fingerprint density at radius 1 is 0.491 bits per heavy atom. The van der Waals surface area contributed by atoms with Gasteiger partial charge in [0.05, 0.1) is 19.8 Å². The third kappa shape index (κ3) is 42.8. The average molecular weight is 857 g/mol. The van der Waals surface area contributed by atoms with Crippen LogP contribution in [0.15, 0.2) is 12.2 Å². The van der Waals surface area contributed by atoms with Gasteiger partial charge in [-0.25, -0.2) is 9.13 Å². The number of phosphoric ester groups is 2. The molecule has 0 heterocycles. The van der Waals surface area contributed by atoms with Gasteiger partial charge in [-0.1, -0.05) is 167 Å². The van der Waals surface area contributed by atoms with E-state index in [1.807, 2.05) is 0 Å². The SMILES string of the molecule is CCCCCCCC/C=C\CCCCCCCC(=O)OC[C@H](COP(=O)(O)OC[C@@H](O)COP(=O)(O)O)OC(=O)CCCCCCCCCCCCCCCCC. The minimum absolute atomic E-state index is 0.136. The van der Waals surface area contributed by atoms with E-state index in [0.717, 1.165) is 57.8 Å². The summed E-state index contributed by atoms with van der Waals surface area (Å²) in [6, 6.07) is 0. The lowest BCUT2D eigenvalue weighted by molar-refractivity contribution is -0.161. The van der Waals surface area contributed by atoms with E-state index in [1.165, 1.54) is 109 Å². The topological polar surface area (TPSA) is 195 Å². The molecule has 0 aromatic carbocycles. The number of carbonyl (C=O) groups is 2. The highest BCUT2D eigenvalue weighted by Crippen LogP contribution is 2.43. The zero-order valence-electron chi connectivity index (χ0n) is 35.7. The second kappa shape index (κ2) is 39.0. The first-order chi connectivity index (χ1) is 27.4. The van der Waals surface area contributed by atoms with E-state index in [4.69, 9.17) is 23.8 Å². The van der Waals surface area contributed by atoms with Crippen molar-refractivity contribution >= 4 is 27.6 Å². The van der Waals surface area contributed by atoms with E-state index in [9.17, 15) is 28.7 Å². The van der Waals surface area contributed by atoms with Crippen LogP contribution >= 0.6 is 15.6 Å². The number of phosphoric acid groups is 2. The Hall–Kier alpha value is -1.14. The molecule has 0 rings (SSSR count). The molecular formula is C42H82O13P2. The van der Waals surface area contributed by atoms with Crippen LogP contribution in [-0.2, 0) is 41.8 Å². The molecule has 0 bridgehead atoms. The molecule has 0 aliphatic carbocycles. The fraction of sp³-hybridized carbons (Fsp3) is 0.905. The Balaban J connectivity index is 4.49. The zero-order valence-corrected chi connectivity index (χ0v) is 37.5. The average Bonchev–Trinajstić information content (AvgIpc) is 3.17. The van der Waals surface area contributed by atoms with Crippen LogP contribution in [0.3, 0.4) is 0 Å². The number of hydrogen-bond donors (Lipinski definition) is 4. The smallest absolute Gasteiger partial charge is 0.462 e. The first-order valence-electron chi connectivity index (χ1n) is 22.4. The summed E-state index contributed by atoms with van der Waals surface area (Å²) in [5, 5.41) is 9.74. The molecule has 3 atom stereocenters. The summed E-state index contributed by atoms with van der Waals surface area (Å²) in [6.45, 7) is 1.78. The van der Waals surface area contributed by atoms with Crippen LogP contribution < -0.4 is 0 Å². The molecule has 4 N–H and O–H groups in total. The van der Waals surface area contributed by atoms with Crippen molar-refractivity contribution in [1.82, 2.24) is 0 Å². The number of carbonyl (C=O) groups excluding carboxylic acids is 2. The quantitative estimate of drug-likeness (QED) is 0.0196. The van der Waals surface area contributed by atoms with Crippen molar-refractivity contribution in [2.24, 2.45) is 0 Å². The number of aliphatic hydroxyl groups excluding tert-OH is 1. The van der Waals surface area contributed by atoms with Gasteiger partial charge in [0.2, 0.25) is 0 Å². The van der Waals surface area contributed by atoms with Crippen LogP contribution in [0.4, 0.5) is 0 Å². The fourth-order valence-corrected chi connectivity index (χ4v) is 7.38. The van der Waals surface area contributed by atoms with Crippen molar-refractivity contribution < 1.29 is 61.6 Å². The lowest BCUT2D eigenvalue weighted by Crippen LogP contribution is -2.30. The summed E-state index contributed by atoms with van der Waals surface area (Å²) in [5.41, 5.74) is 0. The molecule has 0 saturated heterocycles. The van der Waals surface area contributed by atoms with Gasteiger partial charge in [-0.2, -0.15) is 0 Å². The third-order valence-corrected chi connectivity index (χ3v) is 11.1. The molecule has 57 heavy (non-hydrogen) atoms. The number of rotatable bonds is 43. The molecule has 0 amide bonds. The Kier molecular flexibility index (Phi) is 38.2. The van der Waals surface area contributed by atoms with Gasteiger partial charge >= 0.3 is 27.6 Å². The Morgan fingerprint density at radius 3 is 1.30 bits per heavy atom. The van der Waals surface area contributed by atoms with Gasteiger partial charge in [0, 0.05) is 12.8 Å². The number of aliphatic hydroxyl groups is 1. The maximum Gasteiger partial charge on any atom is 0.472 e. The predicted octanol–water partition coefficient (Wildman–Crippen LogP) is 11.3. The monoisotopic (exact) mass is 857 g/mol.